The summed E-state index contributed by atoms with van der Waals surface area (Å²) in [6.07, 6.45) is 0.268. The molecule has 0 amide bonds. The highest BCUT2D eigenvalue weighted by molar-refractivity contribution is 7.93. The minimum absolute atomic E-state index is 0.0123. The molecule has 0 aliphatic carbocycles. The Hall–Kier alpha value is -2.06. The number of sulfonamides is 1. The molecule has 1 unspecified atom stereocenters. The highest BCUT2D eigenvalue weighted by Gasteiger charge is 2.39. The zero-order valence-electron chi connectivity index (χ0n) is 14.6. The fourth-order valence-corrected chi connectivity index (χ4v) is 6.54. The average molecular weight is 396 g/mol. The second kappa shape index (κ2) is 6.92. The monoisotopic (exact) mass is 395 g/mol. The highest BCUT2D eigenvalue weighted by atomic mass is 32.2. The van der Waals surface area contributed by atoms with E-state index < -0.39 is 25.9 Å². The van der Waals surface area contributed by atoms with Crippen LogP contribution in [-0.2, 0) is 19.9 Å². The van der Waals surface area contributed by atoms with Crippen LogP contribution in [0, 0.1) is 6.92 Å². The van der Waals surface area contributed by atoms with E-state index in [1.807, 2.05) is 6.92 Å². The molecule has 1 aliphatic heterocycles. The normalized spacial score (nSPS) is 19.2. The third kappa shape index (κ3) is 3.71. The molecule has 2 aromatic rings. The lowest BCUT2D eigenvalue weighted by molar-refractivity contribution is 0.415. The van der Waals surface area contributed by atoms with Crippen LogP contribution in [0.15, 0.2) is 53.4 Å². The molecule has 1 heterocycles. The van der Waals surface area contributed by atoms with E-state index in [-0.39, 0.29) is 22.8 Å². The van der Waals surface area contributed by atoms with Crippen LogP contribution in [0.3, 0.4) is 0 Å². The van der Waals surface area contributed by atoms with Crippen molar-refractivity contribution in [2.24, 2.45) is 0 Å². The molecule has 0 radical (unpaired) electrons. The van der Waals surface area contributed by atoms with Crippen molar-refractivity contribution in [2.45, 2.75) is 24.3 Å². The van der Waals surface area contributed by atoms with Gasteiger partial charge in [-0.25, -0.2) is 16.8 Å². The lowest BCUT2D eigenvalue weighted by atomic mass is 10.2. The van der Waals surface area contributed by atoms with Crippen molar-refractivity contribution in [1.82, 2.24) is 0 Å². The topological polar surface area (TPSA) is 80.8 Å². The van der Waals surface area contributed by atoms with Crippen LogP contribution in [0.2, 0.25) is 0 Å². The second-order valence-corrected chi connectivity index (χ2v) is 10.4. The SMILES string of the molecule is COc1cccc(N(C2CCS(=O)(=O)C2)S(=O)(=O)c2ccc(C)cc2)c1. The Morgan fingerprint density at radius 1 is 1.12 bits per heavy atom. The van der Waals surface area contributed by atoms with E-state index in [4.69, 9.17) is 4.74 Å². The zero-order chi connectivity index (χ0) is 18.9. The van der Waals surface area contributed by atoms with E-state index in [9.17, 15) is 16.8 Å². The van der Waals surface area contributed by atoms with Crippen LogP contribution in [0.4, 0.5) is 5.69 Å². The average Bonchev–Trinajstić information content (AvgIpc) is 2.94. The van der Waals surface area contributed by atoms with Gasteiger partial charge in [-0.1, -0.05) is 23.8 Å². The number of aryl methyl sites for hydroxylation is 1. The molecule has 1 fully saturated rings. The summed E-state index contributed by atoms with van der Waals surface area (Å²) in [5, 5.41) is 0. The van der Waals surface area contributed by atoms with Gasteiger partial charge >= 0.3 is 0 Å². The molecule has 3 rings (SSSR count). The van der Waals surface area contributed by atoms with Gasteiger partial charge in [-0.15, -0.1) is 0 Å². The summed E-state index contributed by atoms with van der Waals surface area (Å²) in [6, 6.07) is 12.6. The molecular formula is C18H21NO5S2. The van der Waals surface area contributed by atoms with Crippen LogP contribution >= 0.6 is 0 Å². The Morgan fingerprint density at radius 2 is 1.81 bits per heavy atom. The lowest BCUT2D eigenvalue weighted by Gasteiger charge is -2.30. The van der Waals surface area contributed by atoms with Gasteiger partial charge in [0.2, 0.25) is 0 Å². The summed E-state index contributed by atoms with van der Waals surface area (Å²) in [7, 11) is -5.67. The Morgan fingerprint density at radius 3 is 2.38 bits per heavy atom. The zero-order valence-corrected chi connectivity index (χ0v) is 16.3. The maximum Gasteiger partial charge on any atom is 0.264 e. The number of hydrogen-bond acceptors (Lipinski definition) is 5. The first-order chi connectivity index (χ1) is 12.2. The van der Waals surface area contributed by atoms with Crippen molar-refractivity contribution < 1.29 is 21.6 Å². The summed E-state index contributed by atoms with van der Waals surface area (Å²) in [5.74, 6) is 0.309. The first-order valence-corrected chi connectivity index (χ1v) is 11.4. The number of benzene rings is 2. The van der Waals surface area contributed by atoms with Crippen LogP contribution in [0.25, 0.3) is 0 Å². The van der Waals surface area contributed by atoms with Crippen molar-refractivity contribution in [3.63, 3.8) is 0 Å². The number of methoxy groups -OCH3 is 1. The maximum absolute atomic E-state index is 13.3. The third-order valence-corrected chi connectivity index (χ3v) is 8.07. The molecule has 6 nitrogen and oxygen atoms in total. The first kappa shape index (κ1) is 18.7. The summed E-state index contributed by atoms with van der Waals surface area (Å²) in [4.78, 5) is 0.134. The largest absolute Gasteiger partial charge is 0.497 e. The number of hydrogen-bond donors (Lipinski definition) is 0. The summed E-state index contributed by atoms with van der Waals surface area (Å²) < 4.78 is 57.0. The van der Waals surface area contributed by atoms with Crippen LogP contribution in [-0.4, -0.2) is 41.5 Å². The Kier molecular flexibility index (Phi) is 4.98. The van der Waals surface area contributed by atoms with E-state index in [1.54, 1.807) is 48.5 Å². The van der Waals surface area contributed by atoms with E-state index >= 15 is 0 Å². The number of ether oxygens (including phenoxy) is 1. The molecule has 0 bridgehead atoms. The first-order valence-electron chi connectivity index (χ1n) is 8.18. The van der Waals surface area contributed by atoms with E-state index in [0.29, 0.717) is 11.4 Å². The lowest BCUT2D eigenvalue weighted by Crippen LogP contribution is -2.41. The second-order valence-electron chi connectivity index (χ2n) is 6.37. The van der Waals surface area contributed by atoms with E-state index in [2.05, 4.69) is 0 Å². The Labute approximate surface area is 154 Å². The Balaban J connectivity index is 2.12. The van der Waals surface area contributed by atoms with E-state index in [0.717, 1.165) is 5.56 Å². The molecule has 0 saturated carbocycles. The predicted molar refractivity (Wildman–Crippen MR) is 101 cm³/mol. The molecule has 2 aromatic carbocycles. The van der Waals surface area contributed by atoms with Crippen LogP contribution in [0.5, 0.6) is 5.75 Å². The molecule has 1 aliphatic rings. The quantitative estimate of drug-likeness (QED) is 0.776. The number of nitrogens with zero attached hydrogens (tertiary/aromatic N) is 1. The number of sulfone groups is 1. The number of anilines is 1. The molecule has 1 saturated heterocycles. The molecule has 8 heteroatoms. The highest BCUT2D eigenvalue weighted by Crippen LogP contribution is 2.32. The van der Waals surface area contributed by atoms with Crippen LogP contribution < -0.4 is 9.04 Å². The smallest absolute Gasteiger partial charge is 0.264 e. The van der Waals surface area contributed by atoms with Crippen molar-refractivity contribution >= 4 is 25.5 Å². The molecule has 26 heavy (non-hydrogen) atoms. The molecule has 0 aromatic heterocycles. The van der Waals surface area contributed by atoms with Gasteiger partial charge < -0.3 is 4.74 Å². The third-order valence-electron chi connectivity index (χ3n) is 4.43. The van der Waals surface area contributed by atoms with E-state index in [1.165, 1.54) is 11.4 Å². The van der Waals surface area contributed by atoms with Gasteiger partial charge in [0.15, 0.2) is 9.84 Å². The van der Waals surface area contributed by atoms with Gasteiger partial charge in [0.05, 0.1) is 35.2 Å². The Bertz CT molecular complexity index is 998. The maximum atomic E-state index is 13.3. The summed E-state index contributed by atoms with van der Waals surface area (Å²) in [6.45, 7) is 1.87. The fourth-order valence-electron chi connectivity index (χ4n) is 3.08. The molecule has 1 atom stereocenters. The van der Waals surface area contributed by atoms with Crippen molar-refractivity contribution in [3.05, 3.63) is 54.1 Å². The summed E-state index contributed by atoms with van der Waals surface area (Å²) >= 11 is 0. The standard InChI is InChI=1S/C18H21NO5S2/c1-14-6-8-18(9-7-14)26(22,23)19(16-10-11-25(20,21)13-16)15-4-3-5-17(12-15)24-2/h3-9,12,16H,10-11,13H2,1-2H3. The van der Waals surface area contributed by atoms with Crippen molar-refractivity contribution in [3.8, 4) is 5.75 Å². The van der Waals surface area contributed by atoms with Gasteiger partial charge in [0, 0.05) is 6.07 Å². The van der Waals surface area contributed by atoms with Gasteiger partial charge in [-0.05, 0) is 37.6 Å². The number of rotatable bonds is 5. The molecule has 0 N–H and O–H groups in total. The van der Waals surface area contributed by atoms with Gasteiger partial charge in [-0.3, -0.25) is 4.31 Å². The van der Waals surface area contributed by atoms with Gasteiger partial charge in [0.25, 0.3) is 10.0 Å². The molecule has 140 valence electrons. The predicted octanol–water partition coefficient (Wildman–Crippen LogP) is 2.39. The van der Waals surface area contributed by atoms with Gasteiger partial charge in [0.1, 0.15) is 5.75 Å². The minimum Gasteiger partial charge on any atom is -0.497 e. The van der Waals surface area contributed by atoms with Crippen LogP contribution in [0.1, 0.15) is 12.0 Å². The fraction of sp³-hybridized carbons (Fsp3) is 0.333. The minimum atomic E-state index is -3.92. The van der Waals surface area contributed by atoms with Gasteiger partial charge in [-0.2, -0.15) is 0 Å². The van der Waals surface area contributed by atoms with Crippen molar-refractivity contribution in [2.75, 3.05) is 22.9 Å². The molecule has 0 spiro atoms. The summed E-state index contributed by atoms with van der Waals surface area (Å²) in [5.41, 5.74) is 1.34. The van der Waals surface area contributed by atoms with Crippen molar-refractivity contribution in [1.29, 1.82) is 0 Å². The molecular weight excluding hydrogens is 374 g/mol.